The number of rotatable bonds is 7. The van der Waals surface area contributed by atoms with Crippen LogP contribution in [-0.2, 0) is 43.1 Å². The molecule has 1 N–H and O–H groups in total. The molecule has 12 heteroatoms. The number of amides is 1. The summed E-state index contributed by atoms with van der Waals surface area (Å²) in [4.78, 5) is 12.3. The number of nitrogens with one attached hydrogen (secondary N) is 1. The topological polar surface area (TPSA) is 64.7 Å². The SMILES string of the molecule is CC(CNC(=O)Cn1nc(C(F)(F)F)c2c1CCC2)Cn1nc(C(F)(F)F)cc1C1CC1. The van der Waals surface area contributed by atoms with Crippen molar-refractivity contribution in [3.05, 3.63) is 34.4 Å². The summed E-state index contributed by atoms with van der Waals surface area (Å²) in [6, 6.07) is 1.08. The Morgan fingerprint density at radius 3 is 2.47 bits per heavy atom. The molecule has 1 fully saturated rings. The molecule has 6 nitrogen and oxygen atoms in total. The molecule has 0 radical (unpaired) electrons. The average Bonchev–Trinajstić information content (AvgIpc) is 3.09. The van der Waals surface area contributed by atoms with Gasteiger partial charge in [-0.25, -0.2) is 0 Å². The second-order valence-corrected chi connectivity index (χ2v) is 8.60. The van der Waals surface area contributed by atoms with Gasteiger partial charge in [0.1, 0.15) is 6.54 Å². The summed E-state index contributed by atoms with van der Waals surface area (Å²) >= 11 is 0. The maximum atomic E-state index is 13.2. The van der Waals surface area contributed by atoms with Crippen molar-refractivity contribution >= 4 is 5.91 Å². The third-order valence-electron chi connectivity index (χ3n) is 5.80. The normalized spacial score (nSPS) is 17.5. The van der Waals surface area contributed by atoms with Crippen molar-refractivity contribution in [1.29, 1.82) is 0 Å². The largest absolute Gasteiger partial charge is 0.435 e. The van der Waals surface area contributed by atoms with E-state index >= 15 is 0 Å². The lowest BCUT2D eigenvalue weighted by Crippen LogP contribution is -2.33. The second kappa shape index (κ2) is 8.11. The van der Waals surface area contributed by atoms with E-state index in [1.807, 2.05) is 0 Å². The summed E-state index contributed by atoms with van der Waals surface area (Å²) in [5.41, 5.74) is -0.722. The molecule has 0 bridgehead atoms. The molecule has 2 heterocycles. The molecule has 0 saturated heterocycles. The van der Waals surface area contributed by atoms with Gasteiger partial charge in [0.15, 0.2) is 11.4 Å². The van der Waals surface area contributed by atoms with E-state index in [2.05, 4.69) is 15.5 Å². The van der Waals surface area contributed by atoms with Crippen molar-refractivity contribution < 1.29 is 31.1 Å². The zero-order valence-corrected chi connectivity index (χ0v) is 17.4. The summed E-state index contributed by atoms with van der Waals surface area (Å²) in [6.45, 7) is 1.77. The van der Waals surface area contributed by atoms with E-state index in [0.29, 0.717) is 24.2 Å². The summed E-state index contributed by atoms with van der Waals surface area (Å²) < 4.78 is 81.0. The Hall–Kier alpha value is -2.53. The van der Waals surface area contributed by atoms with Crippen molar-refractivity contribution in [3.63, 3.8) is 0 Å². The number of aromatic nitrogens is 4. The van der Waals surface area contributed by atoms with Crippen LogP contribution < -0.4 is 5.32 Å². The molecule has 2 aromatic heterocycles. The first-order valence-electron chi connectivity index (χ1n) is 10.5. The van der Waals surface area contributed by atoms with Gasteiger partial charge in [0.05, 0.1) is 0 Å². The second-order valence-electron chi connectivity index (χ2n) is 8.60. The number of carbonyl (C=O) groups excluding carboxylic acids is 1. The minimum absolute atomic E-state index is 0.0742. The van der Waals surface area contributed by atoms with Crippen LogP contribution in [-0.4, -0.2) is 32.0 Å². The van der Waals surface area contributed by atoms with Crippen molar-refractivity contribution in [2.24, 2.45) is 5.92 Å². The van der Waals surface area contributed by atoms with Crippen LogP contribution in [0.1, 0.15) is 60.4 Å². The Labute approximate surface area is 180 Å². The Morgan fingerprint density at radius 2 is 1.84 bits per heavy atom. The fraction of sp³-hybridized carbons (Fsp3) is 0.650. The van der Waals surface area contributed by atoms with Crippen LogP contribution in [0.4, 0.5) is 26.3 Å². The Kier molecular flexibility index (Phi) is 5.74. The molecule has 2 aromatic rings. The van der Waals surface area contributed by atoms with Crippen molar-refractivity contribution in [2.75, 3.05) is 6.54 Å². The van der Waals surface area contributed by atoms with Gasteiger partial charge in [-0.1, -0.05) is 6.92 Å². The van der Waals surface area contributed by atoms with Crippen LogP contribution in [0.15, 0.2) is 6.07 Å². The van der Waals surface area contributed by atoms with Gasteiger partial charge < -0.3 is 5.32 Å². The maximum absolute atomic E-state index is 13.2. The summed E-state index contributed by atoms with van der Waals surface area (Å²) in [7, 11) is 0. The van der Waals surface area contributed by atoms with Crippen LogP contribution in [0.3, 0.4) is 0 Å². The van der Waals surface area contributed by atoms with Gasteiger partial charge in [0, 0.05) is 36.0 Å². The van der Waals surface area contributed by atoms with E-state index in [-0.39, 0.29) is 43.5 Å². The molecule has 0 spiro atoms. The molecule has 0 aromatic carbocycles. The molecule has 4 rings (SSSR count). The average molecular weight is 463 g/mol. The Balaban J connectivity index is 1.36. The van der Waals surface area contributed by atoms with Crippen LogP contribution in [0, 0.1) is 5.92 Å². The van der Waals surface area contributed by atoms with Gasteiger partial charge in [-0.05, 0) is 44.1 Å². The van der Waals surface area contributed by atoms with E-state index in [1.165, 1.54) is 4.68 Å². The number of alkyl halides is 6. The number of halogens is 6. The first-order valence-corrected chi connectivity index (χ1v) is 10.5. The Bertz CT molecular complexity index is 1000. The molecular weight excluding hydrogens is 440 g/mol. The van der Waals surface area contributed by atoms with E-state index in [9.17, 15) is 31.1 Å². The number of hydrogen-bond donors (Lipinski definition) is 1. The molecule has 176 valence electrons. The Morgan fingerprint density at radius 1 is 1.12 bits per heavy atom. The zero-order chi connectivity index (χ0) is 23.3. The number of carbonyl (C=O) groups is 1. The minimum Gasteiger partial charge on any atom is -0.354 e. The van der Waals surface area contributed by atoms with Gasteiger partial charge in [0.25, 0.3) is 0 Å². The highest BCUT2D eigenvalue weighted by Crippen LogP contribution is 2.42. The molecule has 1 saturated carbocycles. The lowest BCUT2D eigenvalue weighted by Gasteiger charge is -2.15. The third-order valence-corrected chi connectivity index (χ3v) is 5.80. The zero-order valence-electron chi connectivity index (χ0n) is 17.4. The monoisotopic (exact) mass is 463 g/mol. The van der Waals surface area contributed by atoms with Gasteiger partial charge >= 0.3 is 12.4 Å². The lowest BCUT2D eigenvalue weighted by molar-refractivity contribution is -0.142. The van der Waals surface area contributed by atoms with E-state index in [4.69, 9.17) is 0 Å². The molecule has 1 amide bonds. The van der Waals surface area contributed by atoms with Crippen molar-refractivity contribution in [1.82, 2.24) is 24.9 Å². The highest BCUT2D eigenvalue weighted by Gasteiger charge is 2.40. The summed E-state index contributed by atoms with van der Waals surface area (Å²) in [6.07, 6.45) is -6.14. The number of nitrogens with zero attached hydrogens (tertiary/aromatic N) is 4. The summed E-state index contributed by atoms with van der Waals surface area (Å²) in [5.74, 6) is -0.654. The van der Waals surface area contributed by atoms with E-state index in [0.717, 1.165) is 23.6 Å². The third kappa shape index (κ3) is 4.78. The number of fused-ring (bicyclic) bond motifs is 1. The molecule has 2 aliphatic carbocycles. The van der Waals surface area contributed by atoms with Gasteiger partial charge in [-0.2, -0.15) is 36.5 Å². The van der Waals surface area contributed by atoms with Gasteiger partial charge in [-0.15, -0.1) is 0 Å². The molecule has 2 aliphatic rings. The fourth-order valence-electron chi connectivity index (χ4n) is 4.13. The standard InChI is InChI=1S/C20H23F6N5O/c1-11(9-30-15(12-5-6-12)7-16(28-30)19(21,22)23)8-27-17(32)10-31-14-4-2-3-13(14)18(29-31)20(24,25)26/h7,11-12H,2-6,8-10H2,1H3,(H,27,32). The van der Waals surface area contributed by atoms with Crippen LogP contribution >= 0.6 is 0 Å². The van der Waals surface area contributed by atoms with Crippen LogP contribution in [0.2, 0.25) is 0 Å². The smallest absolute Gasteiger partial charge is 0.354 e. The molecule has 32 heavy (non-hydrogen) atoms. The first-order chi connectivity index (χ1) is 14.9. The predicted octanol–water partition coefficient (Wildman–Crippen LogP) is 3.94. The predicted molar refractivity (Wildman–Crippen MR) is 101 cm³/mol. The summed E-state index contributed by atoms with van der Waals surface area (Å²) in [5, 5.41) is 9.96. The highest BCUT2D eigenvalue weighted by atomic mass is 19.4. The van der Waals surface area contributed by atoms with Gasteiger partial charge in [-0.3, -0.25) is 14.2 Å². The molecule has 1 atom stereocenters. The van der Waals surface area contributed by atoms with Crippen molar-refractivity contribution in [3.8, 4) is 0 Å². The maximum Gasteiger partial charge on any atom is 0.435 e. The van der Waals surface area contributed by atoms with E-state index < -0.39 is 29.6 Å². The van der Waals surface area contributed by atoms with Crippen LogP contribution in [0.25, 0.3) is 0 Å². The molecule has 1 unspecified atom stereocenters. The quantitative estimate of drug-likeness (QED) is 0.633. The van der Waals surface area contributed by atoms with E-state index in [1.54, 1.807) is 6.92 Å². The number of hydrogen-bond acceptors (Lipinski definition) is 3. The minimum atomic E-state index is -4.57. The highest BCUT2D eigenvalue weighted by molar-refractivity contribution is 5.75. The first kappa shape index (κ1) is 22.7. The molecular formula is C20H23F6N5O. The molecule has 0 aliphatic heterocycles. The fourth-order valence-corrected chi connectivity index (χ4v) is 4.13. The van der Waals surface area contributed by atoms with Gasteiger partial charge in [0.2, 0.25) is 5.91 Å². The van der Waals surface area contributed by atoms with Crippen LogP contribution in [0.5, 0.6) is 0 Å². The lowest BCUT2D eigenvalue weighted by atomic mass is 10.1. The van der Waals surface area contributed by atoms with Crippen molar-refractivity contribution in [2.45, 2.75) is 70.4 Å².